The van der Waals surface area contributed by atoms with Gasteiger partial charge in [0.15, 0.2) is 0 Å². The van der Waals surface area contributed by atoms with Gasteiger partial charge in [-0.3, -0.25) is 19.3 Å². The number of aliphatic carboxylic acids is 1. The Bertz CT molecular complexity index is 1320. The topological polar surface area (TPSA) is 101 Å². The highest BCUT2D eigenvalue weighted by Gasteiger charge is 2.26. The third kappa shape index (κ3) is 7.01. The van der Waals surface area contributed by atoms with E-state index in [1.54, 1.807) is 35.9 Å². The lowest BCUT2D eigenvalue weighted by Gasteiger charge is -2.26. The van der Waals surface area contributed by atoms with Crippen LogP contribution in [0.5, 0.6) is 11.5 Å². The second-order valence-electron chi connectivity index (χ2n) is 9.85. The number of ketones is 1. The van der Waals surface area contributed by atoms with Crippen molar-refractivity contribution >= 4 is 28.9 Å². The number of carbonyl (C=O) groups excluding carboxylic acids is 2. The maximum absolute atomic E-state index is 13.7. The molecule has 0 atom stereocenters. The molecule has 0 saturated carbocycles. The molecule has 0 aliphatic heterocycles. The summed E-state index contributed by atoms with van der Waals surface area (Å²) in [5.41, 5.74) is 2.61. The van der Waals surface area contributed by atoms with E-state index >= 15 is 0 Å². The summed E-state index contributed by atoms with van der Waals surface area (Å²) >= 11 is 0. The van der Waals surface area contributed by atoms with Crippen molar-refractivity contribution in [1.82, 2.24) is 9.30 Å². The molecule has 216 valence electrons. The third-order valence-corrected chi connectivity index (χ3v) is 7.07. The van der Waals surface area contributed by atoms with Crippen LogP contribution in [0.3, 0.4) is 0 Å². The fourth-order valence-corrected chi connectivity index (χ4v) is 4.95. The molecular weight excluding hydrogens is 510 g/mol. The molecule has 3 aromatic rings. The summed E-state index contributed by atoms with van der Waals surface area (Å²) in [6.07, 6.45) is 6.20. The van der Waals surface area contributed by atoms with Gasteiger partial charge in [0, 0.05) is 30.3 Å². The van der Waals surface area contributed by atoms with Crippen LogP contribution in [0.15, 0.2) is 42.6 Å². The molecule has 9 nitrogen and oxygen atoms in total. The Morgan fingerprint density at radius 3 is 2.25 bits per heavy atom. The second-order valence-corrected chi connectivity index (χ2v) is 9.85. The van der Waals surface area contributed by atoms with E-state index in [1.165, 1.54) is 12.0 Å². The van der Waals surface area contributed by atoms with Gasteiger partial charge in [-0.25, -0.2) is 0 Å². The largest absolute Gasteiger partial charge is 0.495 e. The highest BCUT2D eigenvalue weighted by atomic mass is 16.5. The van der Waals surface area contributed by atoms with Gasteiger partial charge in [0.1, 0.15) is 23.7 Å². The van der Waals surface area contributed by atoms with Crippen LogP contribution in [0.1, 0.15) is 67.6 Å². The van der Waals surface area contributed by atoms with Gasteiger partial charge in [-0.1, -0.05) is 32.8 Å². The standard InChI is InChI=1S/C31H41N3O6/c1-6-8-16-32(17-9-7-2)19-15-27(35)34(21-28(36)37)24-14-13-23(20-26(24)39-4)30(38)29-22(3)31(40-5)25-12-10-11-18-33(25)29/h10-14,18,20H,6-9,15-17,19,21H2,1-5H3,(H,36,37). The number of anilines is 1. The van der Waals surface area contributed by atoms with Crippen LogP contribution in [-0.4, -0.2) is 72.5 Å². The van der Waals surface area contributed by atoms with Crippen molar-refractivity contribution in [3.05, 3.63) is 59.4 Å². The highest BCUT2D eigenvalue weighted by molar-refractivity contribution is 6.11. The van der Waals surface area contributed by atoms with Crippen LogP contribution < -0.4 is 14.4 Å². The van der Waals surface area contributed by atoms with Crippen molar-refractivity contribution in [2.24, 2.45) is 0 Å². The average Bonchev–Trinajstić information content (AvgIpc) is 3.25. The summed E-state index contributed by atoms with van der Waals surface area (Å²) in [7, 11) is 3.01. The number of methoxy groups -OCH3 is 2. The van der Waals surface area contributed by atoms with Crippen molar-refractivity contribution in [2.75, 3.05) is 45.3 Å². The number of ether oxygens (including phenoxy) is 2. The molecule has 1 aromatic carbocycles. The van der Waals surface area contributed by atoms with Crippen LogP contribution in [0.4, 0.5) is 5.69 Å². The fourth-order valence-electron chi connectivity index (χ4n) is 4.95. The maximum atomic E-state index is 13.7. The van der Waals surface area contributed by atoms with Crippen molar-refractivity contribution < 1.29 is 29.0 Å². The molecule has 2 aromatic heterocycles. The van der Waals surface area contributed by atoms with E-state index in [0.29, 0.717) is 34.8 Å². The van der Waals surface area contributed by atoms with Gasteiger partial charge in [-0.05, 0) is 63.2 Å². The van der Waals surface area contributed by atoms with Crippen molar-refractivity contribution in [3.63, 3.8) is 0 Å². The van der Waals surface area contributed by atoms with E-state index in [2.05, 4.69) is 18.7 Å². The number of carboxylic acid groups (broad SMARTS) is 1. The molecule has 1 N–H and O–H groups in total. The minimum Gasteiger partial charge on any atom is -0.495 e. The lowest BCUT2D eigenvalue weighted by Crippen LogP contribution is -2.38. The molecule has 0 radical (unpaired) electrons. The number of rotatable bonds is 16. The molecule has 0 fully saturated rings. The number of hydrogen-bond donors (Lipinski definition) is 1. The summed E-state index contributed by atoms with van der Waals surface area (Å²) in [4.78, 5) is 42.3. The Balaban J connectivity index is 1.92. The summed E-state index contributed by atoms with van der Waals surface area (Å²) < 4.78 is 12.9. The number of nitrogens with zero attached hydrogens (tertiary/aromatic N) is 3. The first-order chi connectivity index (χ1) is 19.3. The third-order valence-electron chi connectivity index (χ3n) is 7.07. The smallest absolute Gasteiger partial charge is 0.323 e. The molecule has 0 saturated heterocycles. The predicted molar refractivity (Wildman–Crippen MR) is 156 cm³/mol. The first kappa shape index (κ1) is 30.7. The van der Waals surface area contributed by atoms with Crippen LogP contribution in [0.2, 0.25) is 0 Å². The molecule has 0 aliphatic rings. The van der Waals surface area contributed by atoms with Crippen LogP contribution in [0.25, 0.3) is 5.52 Å². The summed E-state index contributed by atoms with van der Waals surface area (Å²) in [5, 5.41) is 9.60. The van der Waals surface area contributed by atoms with Gasteiger partial charge >= 0.3 is 5.97 Å². The molecule has 0 bridgehead atoms. The van der Waals surface area contributed by atoms with Gasteiger partial charge in [-0.2, -0.15) is 0 Å². The van der Waals surface area contributed by atoms with Crippen LogP contribution >= 0.6 is 0 Å². The van der Waals surface area contributed by atoms with Gasteiger partial charge in [-0.15, -0.1) is 0 Å². The van der Waals surface area contributed by atoms with Crippen molar-refractivity contribution in [3.8, 4) is 11.5 Å². The first-order valence-electron chi connectivity index (χ1n) is 13.9. The maximum Gasteiger partial charge on any atom is 0.323 e. The number of amides is 1. The molecule has 0 unspecified atom stereocenters. The molecule has 1 amide bonds. The summed E-state index contributed by atoms with van der Waals surface area (Å²) in [6.45, 7) is 7.96. The Labute approximate surface area is 236 Å². The number of pyridine rings is 1. The summed E-state index contributed by atoms with van der Waals surface area (Å²) in [6, 6.07) is 10.3. The van der Waals surface area contributed by atoms with Gasteiger partial charge < -0.3 is 23.9 Å². The second kappa shape index (κ2) is 14.5. The van der Waals surface area contributed by atoms with Gasteiger partial charge in [0.05, 0.1) is 25.4 Å². The molecule has 3 rings (SSSR count). The highest BCUT2D eigenvalue weighted by Crippen LogP contribution is 2.34. The fraction of sp³-hybridized carbons (Fsp3) is 0.452. The van der Waals surface area contributed by atoms with Crippen LogP contribution in [-0.2, 0) is 9.59 Å². The lowest BCUT2D eigenvalue weighted by molar-refractivity contribution is -0.136. The molecule has 9 heteroatoms. The molecule has 2 heterocycles. The number of unbranched alkanes of at least 4 members (excludes halogenated alkanes) is 2. The van der Waals surface area contributed by atoms with Crippen molar-refractivity contribution in [1.29, 1.82) is 0 Å². The molecular formula is C31H41N3O6. The van der Waals surface area contributed by atoms with Crippen molar-refractivity contribution in [2.45, 2.75) is 52.9 Å². The quantitative estimate of drug-likeness (QED) is 0.244. The number of aromatic nitrogens is 1. The zero-order valence-electron chi connectivity index (χ0n) is 24.2. The average molecular weight is 552 g/mol. The molecule has 0 aliphatic carbocycles. The Morgan fingerprint density at radius 2 is 1.65 bits per heavy atom. The number of carbonyl (C=O) groups is 3. The van der Waals surface area contributed by atoms with Gasteiger partial charge in [0.2, 0.25) is 11.7 Å². The van der Waals surface area contributed by atoms with Gasteiger partial charge in [0.25, 0.3) is 0 Å². The lowest BCUT2D eigenvalue weighted by atomic mass is 10.0. The minimum atomic E-state index is -1.13. The zero-order valence-corrected chi connectivity index (χ0v) is 24.2. The zero-order chi connectivity index (χ0) is 29.2. The van der Waals surface area contributed by atoms with E-state index < -0.39 is 12.5 Å². The van der Waals surface area contributed by atoms with E-state index in [4.69, 9.17) is 9.47 Å². The van der Waals surface area contributed by atoms with E-state index in [0.717, 1.165) is 44.3 Å². The number of fused-ring (bicyclic) bond motifs is 1. The number of benzene rings is 1. The van der Waals surface area contributed by atoms with Crippen LogP contribution in [0, 0.1) is 6.92 Å². The predicted octanol–water partition coefficient (Wildman–Crippen LogP) is 5.21. The monoisotopic (exact) mass is 551 g/mol. The Morgan fingerprint density at radius 1 is 0.950 bits per heavy atom. The normalized spacial score (nSPS) is 11.2. The van der Waals surface area contributed by atoms with E-state index in [1.807, 2.05) is 25.1 Å². The Hall–Kier alpha value is -3.85. The summed E-state index contributed by atoms with van der Waals surface area (Å²) in [5.74, 6) is -0.814. The number of carboxylic acids is 1. The SMILES string of the molecule is CCCCN(CCCC)CCC(=O)N(CC(=O)O)c1ccc(C(=O)c2c(C)c(OC)c3ccccn23)cc1OC. The molecule has 0 spiro atoms. The first-order valence-corrected chi connectivity index (χ1v) is 13.9. The minimum absolute atomic E-state index is 0.180. The van der Waals surface area contributed by atoms with E-state index in [-0.39, 0.29) is 23.9 Å². The molecule has 40 heavy (non-hydrogen) atoms. The Kier molecular flexibility index (Phi) is 11.1. The number of hydrogen-bond acceptors (Lipinski definition) is 6. The van der Waals surface area contributed by atoms with E-state index in [9.17, 15) is 19.5 Å².